The second-order valence-electron chi connectivity index (χ2n) is 7.74. The van der Waals surface area contributed by atoms with Crippen LogP contribution in [0.4, 0.5) is 11.5 Å². The SMILES string of the molecule is Cc1cc(C(=O)Nc2cccc(Oc3ccc4nc(NC(=O)C5CC5)cn4n3)c2)nn1C. The van der Waals surface area contributed by atoms with Gasteiger partial charge in [0.1, 0.15) is 5.75 Å². The zero-order chi connectivity index (χ0) is 22.2. The van der Waals surface area contributed by atoms with Crippen molar-refractivity contribution in [3.63, 3.8) is 0 Å². The van der Waals surface area contributed by atoms with Crippen LogP contribution < -0.4 is 15.4 Å². The minimum Gasteiger partial charge on any atom is -0.438 e. The standard InChI is InChI=1S/C22H21N7O3/c1-13-10-17(26-28(13)2)22(31)23-15-4-3-5-16(11-15)32-20-9-8-19-24-18(12-29(19)27-20)25-21(30)14-6-7-14/h3-5,8-12,14H,6-7H2,1-2H3,(H,23,31)(H,25,30). The number of nitrogens with one attached hydrogen (secondary N) is 2. The van der Waals surface area contributed by atoms with E-state index in [1.165, 1.54) is 0 Å². The number of carbonyl (C=O) groups is 2. The summed E-state index contributed by atoms with van der Waals surface area (Å²) in [5.41, 5.74) is 2.40. The van der Waals surface area contributed by atoms with Crippen molar-refractivity contribution in [2.45, 2.75) is 19.8 Å². The number of hydrogen-bond acceptors (Lipinski definition) is 6. The lowest BCUT2D eigenvalue weighted by atomic mass is 10.3. The lowest BCUT2D eigenvalue weighted by Gasteiger charge is -2.08. The number of rotatable bonds is 6. The summed E-state index contributed by atoms with van der Waals surface area (Å²) in [4.78, 5) is 28.7. The molecule has 3 heterocycles. The Morgan fingerprint density at radius 3 is 2.69 bits per heavy atom. The number of benzene rings is 1. The Balaban J connectivity index is 1.29. The molecule has 32 heavy (non-hydrogen) atoms. The predicted molar refractivity (Wildman–Crippen MR) is 117 cm³/mol. The fraction of sp³-hybridized carbons (Fsp3) is 0.227. The number of amides is 2. The zero-order valence-corrected chi connectivity index (χ0v) is 17.6. The van der Waals surface area contributed by atoms with Crippen LogP contribution >= 0.6 is 0 Å². The molecule has 3 aromatic heterocycles. The van der Waals surface area contributed by atoms with Gasteiger partial charge < -0.3 is 15.4 Å². The summed E-state index contributed by atoms with van der Waals surface area (Å²) in [7, 11) is 1.79. The summed E-state index contributed by atoms with van der Waals surface area (Å²) >= 11 is 0. The van der Waals surface area contributed by atoms with Gasteiger partial charge in [0.2, 0.25) is 11.8 Å². The largest absolute Gasteiger partial charge is 0.438 e. The Kier molecular flexibility index (Phi) is 4.81. The molecule has 5 rings (SSSR count). The fourth-order valence-corrected chi connectivity index (χ4v) is 3.18. The molecule has 0 atom stereocenters. The third-order valence-electron chi connectivity index (χ3n) is 5.16. The molecule has 1 aliphatic carbocycles. The number of aromatic nitrogens is 5. The van der Waals surface area contributed by atoms with Crippen molar-refractivity contribution in [3.8, 4) is 11.6 Å². The molecule has 0 saturated heterocycles. The normalized spacial score (nSPS) is 13.2. The van der Waals surface area contributed by atoms with E-state index in [0.29, 0.717) is 34.5 Å². The highest BCUT2D eigenvalue weighted by molar-refractivity contribution is 6.03. The average Bonchev–Trinajstić information content (AvgIpc) is 3.46. The van der Waals surface area contributed by atoms with E-state index in [-0.39, 0.29) is 17.7 Å². The van der Waals surface area contributed by atoms with Crippen molar-refractivity contribution >= 4 is 29.0 Å². The van der Waals surface area contributed by atoms with Gasteiger partial charge in [0.25, 0.3) is 5.91 Å². The Hall–Kier alpha value is -4.21. The van der Waals surface area contributed by atoms with Gasteiger partial charge in [-0.05, 0) is 44.0 Å². The summed E-state index contributed by atoms with van der Waals surface area (Å²) in [6.07, 6.45) is 3.50. The number of anilines is 2. The van der Waals surface area contributed by atoms with E-state index in [4.69, 9.17) is 4.74 Å². The number of ether oxygens (including phenoxy) is 1. The van der Waals surface area contributed by atoms with Gasteiger partial charge in [-0.25, -0.2) is 9.50 Å². The molecule has 1 aliphatic rings. The van der Waals surface area contributed by atoms with Crippen molar-refractivity contribution < 1.29 is 14.3 Å². The number of aryl methyl sites for hydroxylation is 2. The molecule has 162 valence electrons. The van der Waals surface area contributed by atoms with Crippen molar-refractivity contribution in [3.05, 3.63) is 60.0 Å². The molecular formula is C22H21N7O3. The van der Waals surface area contributed by atoms with Crippen LogP contribution in [0.3, 0.4) is 0 Å². The van der Waals surface area contributed by atoms with Crippen molar-refractivity contribution in [2.24, 2.45) is 13.0 Å². The van der Waals surface area contributed by atoms with Gasteiger partial charge in [-0.1, -0.05) is 6.07 Å². The first-order chi connectivity index (χ1) is 15.4. The minimum atomic E-state index is -0.301. The quantitative estimate of drug-likeness (QED) is 0.485. The Morgan fingerprint density at radius 1 is 1.09 bits per heavy atom. The first-order valence-corrected chi connectivity index (χ1v) is 10.2. The van der Waals surface area contributed by atoms with Crippen molar-refractivity contribution in [2.75, 3.05) is 10.6 Å². The molecule has 2 N–H and O–H groups in total. The summed E-state index contributed by atoms with van der Waals surface area (Å²) in [5, 5.41) is 14.2. The van der Waals surface area contributed by atoms with Crippen molar-refractivity contribution in [1.29, 1.82) is 0 Å². The second-order valence-corrected chi connectivity index (χ2v) is 7.74. The van der Waals surface area contributed by atoms with Crippen LogP contribution in [0.5, 0.6) is 11.6 Å². The molecule has 0 bridgehead atoms. The van der Waals surface area contributed by atoms with E-state index in [2.05, 4.69) is 25.8 Å². The highest BCUT2D eigenvalue weighted by Crippen LogP contribution is 2.30. The maximum absolute atomic E-state index is 12.4. The summed E-state index contributed by atoms with van der Waals surface area (Å²) in [5.74, 6) is 1.10. The second kappa shape index (κ2) is 7.80. The van der Waals surface area contributed by atoms with Gasteiger partial charge in [-0.3, -0.25) is 14.3 Å². The number of imidazole rings is 1. The molecule has 10 heteroatoms. The topological polar surface area (TPSA) is 115 Å². The van der Waals surface area contributed by atoms with Crippen LogP contribution in [-0.2, 0) is 11.8 Å². The summed E-state index contributed by atoms with van der Waals surface area (Å²) in [6.45, 7) is 1.88. The average molecular weight is 431 g/mol. The predicted octanol–water partition coefficient (Wildman–Crippen LogP) is 3.16. The first kappa shape index (κ1) is 19.7. The van der Waals surface area contributed by atoms with Crippen LogP contribution in [0.25, 0.3) is 5.65 Å². The third kappa shape index (κ3) is 4.15. The number of hydrogen-bond donors (Lipinski definition) is 2. The van der Waals surface area contributed by atoms with E-state index >= 15 is 0 Å². The zero-order valence-electron chi connectivity index (χ0n) is 17.6. The smallest absolute Gasteiger partial charge is 0.276 e. The molecule has 1 saturated carbocycles. The van der Waals surface area contributed by atoms with Crippen LogP contribution in [-0.4, -0.2) is 36.2 Å². The lowest BCUT2D eigenvalue weighted by Crippen LogP contribution is -2.13. The molecule has 0 radical (unpaired) electrons. The summed E-state index contributed by atoms with van der Waals surface area (Å²) < 4.78 is 9.05. The molecule has 1 fully saturated rings. The van der Waals surface area contributed by atoms with E-state index < -0.39 is 0 Å². The number of fused-ring (bicyclic) bond motifs is 1. The highest BCUT2D eigenvalue weighted by Gasteiger charge is 2.30. The Morgan fingerprint density at radius 2 is 1.94 bits per heavy atom. The van der Waals surface area contributed by atoms with E-state index in [1.54, 1.807) is 64.9 Å². The van der Waals surface area contributed by atoms with Gasteiger partial charge in [0.05, 0.1) is 6.20 Å². The molecule has 0 aliphatic heterocycles. The van der Waals surface area contributed by atoms with Gasteiger partial charge >= 0.3 is 0 Å². The van der Waals surface area contributed by atoms with Crippen LogP contribution in [0.1, 0.15) is 29.0 Å². The maximum atomic E-state index is 12.4. The fourth-order valence-electron chi connectivity index (χ4n) is 3.18. The molecule has 4 aromatic rings. The van der Waals surface area contributed by atoms with Crippen molar-refractivity contribution in [1.82, 2.24) is 24.4 Å². The van der Waals surface area contributed by atoms with Gasteiger partial charge in [0.15, 0.2) is 17.2 Å². The molecule has 1 aromatic carbocycles. The number of nitrogens with zero attached hydrogens (tertiary/aromatic N) is 5. The Labute approximate surface area is 183 Å². The maximum Gasteiger partial charge on any atom is 0.276 e. The van der Waals surface area contributed by atoms with Gasteiger partial charge in [-0.2, -0.15) is 5.10 Å². The minimum absolute atomic E-state index is 0.00962. The third-order valence-corrected chi connectivity index (χ3v) is 5.16. The summed E-state index contributed by atoms with van der Waals surface area (Å²) in [6, 6.07) is 12.2. The monoisotopic (exact) mass is 431 g/mol. The van der Waals surface area contributed by atoms with Crippen LogP contribution in [0.2, 0.25) is 0 Å². The lowest BCUT2D eigenvalue weighted by molar-refractivity contribution is -0.117. The molecule has 0 unspecified atom stereocenters. The Bertz CT molecular complexity index is 1320. The van der Waals surface area contributed by atoms with Gasteiger partial charge in [-0.15, -0.1) is 5.10 Å². The van der Waals surface area contributed by atoms with E-state index in [9.17, 15) is 9.59 Å². The number of carbonyl (C=O) groups excluding carboxylic acids is 2. The van der Waals surface area contributed by atoms with Crippen LogP contribution in [0, 0.1) is 12.8 Å². The van der Waals surface area contributed by atoms with Gasteiger partial charge in [0, 0.05) is 36.5 Å². The van der Waals surface area contributed by atoms with Crippen LogP contribution in [0.15, 0.2) is 48.7 Å². The molecule has 2 amide bonds. The highest BCUT2D eigenvalue weighted by atomic mass is 16.5. The van der Waals surface area contributed by atoms with E-state index in [1.807, 2.05) is 6.92 Å². The first-order valence-electron chi connectivity index (χ1n) is 10.2. The van der Waals surface area contributed by atoms with E-state index in [0.717, 1.165) is 18.5 Å². The molecule has 0 spiro atoms. The molecule has 10 nitrogen and oxygen atoms in total. The molecular weight excluding hydrogens is 410 g/mol.